The number of thioether (sulfide) groups is 1. The fraction of sp³-hybridized carbons (Fsp3) is 0.300. The van der Waals surface area contributed by atoms with Crippen LogP contribution in [0.2, 0.25) is 0 Å². The zero-order valence-electron chi connectivity index (χ0n) is 9.25. The highest BCUT2D eigenvalue weighted by atomic mass is 32.2. The molecule has 1 aromatic heterocycles. The molecule has 0 spiro atoms. The summed E-state index contributed by atoms with van der Waals surface area (Å²) in [5.41, 5.74) is 0.249. The first-order chi connectivity index (χ1) is 8.72. The van der Waals surface area contributed by atoms with Crippen molar-refractivity contribution in [3.63, 3.8) is 0 Å². The van der Waals surface area contributed by atoms with Crippen molar-refractivity contribution in [2.45, 2.75) is 17.5 Å². The lowest BCUT2D eigenvalue weighted by Crippen LogP contribution is -2.05. The summed E-state index contributed by atoms with van der Waals surface area (Å²) in [6.45, 7) is 0.174. The Bertz CT molecular complexity index is 534. The highest BCUT2D eigenvalue weighted by molar-refractivity contribution is 7.98. The van der Waals surface area contributed by atoms with Crippen LogP contribution in [0.15, 0.2) is 23.4 Å². The molecule has 0 amide bonds. The van der Waals surface area contributed by atoms with Gasteiger partial charge in [0.15, 0.2) is 11.6 Å². The summed E-state index contributed by atoms with van der Waals surface area (Å²) in [4.78, 5) is 0. The first kappa shape index (κ1) is 12.9. The minimum atomic E-state index is -0.872. The van der Waals surface area contributed by atoms with Gasteiger partial charge in [-0.2, -0.15) is 0 Å². The van der Waals surface area contributed by atoms with Crippen molar-refractivity contribution in [1.82, 2.24) is 20.2 Å². The van der Waals surface area contributed by atoms with Crippen molar-refractivity contribution in [3.8, 4) is 0 Å². The molecule has 0 aliphatic carbocycles. The number of rotatable bonds is 5. The minimum Gasteiger partial charge on any atom is -0.394 e. The number of hydrogen-bond acceptors (Lipinski definition) is 5. The third-order valence-electron chi connectivity index (χ3n) is 2.20. The third kappa shape index (κ3) is 2.82. The molecule has 0 saturated carbocycles. The van der Waals surface area contributed by atoms with Gasteiger partial charge >= 0.3 is 0 Å². The Morgan fingerprint density at radius 2 is 2.17 bits per heavy atom. The van der Waals surface area contributed by atoms with Gasteiger partial charge in [0, 0.05) is 11.3 Å². The van der Waals surface area contributed by atoms with Gasteiger partial charge < -0.3 is 5.11 Å². The Hall–Kier alpha value is -1.54. The van der Waals surface area contributed by atoms with E-state index in [2.05, 4.69) is 15.5 Å². The molecule has 0 bridgehead atoms. The summed E-state index contributed by atoms with van der Waals surface area (Å²) >= 11 is 1.18. The van der Waals surface area contributed by atoms with E-state index in [0.717, 1.165) is 6.07 Å². The van der Waals surface area contributed by atoms with Crippen LogP contribution in [0, 0.1) is 11.6 Å². The second-order valence-electron chi connectivity index (χ2n) is 3.41. The summed E-state index contributed by atoms with van der Waals surface area (Å²) in [6, 6.07) is 4.02. The Balaban J connectivity index is 2.07. The maximum atomic E-state index is 13.4. The number of aliphatic hydroxyl groups is 1. The van der Waals surface area contributed by atoms with E-state index in [0.29, 0.717) is 5.16 Å². The first-order valence-electron chi connectivity index (χ1n) is 5.15. The van der Waals surface area contributed by atoms with Crippen molar-refractivity contribution < 1.29 is 13.9 Å². The summed E-state index contributed by atoms with van der Waals surface area (Å²) in [5.74, 6) is -1.51. The Morgan fingerprint density at radius 1 is 1.33 bits per heavy atom. The summed E-state index contributed by atoms with van der Waals surface area (Å²) < 4.78 is 27.8. The van der Waals surface area contributed by atoms with Crippen LogP contribution in [0.25, 0.3) is 0 Å². The van der Waals surface area contributed by atoms with Crippen LogP contribution in [-0.2, 0) is 12.3 Å². The molecule has 1 N–H and O–H groups in total. The molecular weight excluding hydrogens is 262 g/mol. The maximum Gasteiger partial charge on any atom is 0.209 e. The van der Waals surface area contributed by atoms with Crippen molar-refractivity contribution in [2.24, 2.45) is 0 Å². The lowest BCUT2D eigenvalue weighted by molar-refractivity contribution is 0.262. The standard InChI is InChI=1S/C10H10F2N4OS/c11-8-3-1-2-7(9(8)12)6-18-10-13-14-15-16(10)4-5-17/h1-3,17H,4-6H2. The number of nitrogens with zero attached hydrogens (tertiary/aromatic N) is 4. The number of benzene rings is 1. The van der Waals surface area contributed by atoms with E-state index in [-0.39, 0.29) is 24.5 Å². The van der Waals surface area contributed by atoms with Gasteiger partial charge in [-0.3, -0.25) is 0 Å². The van der Waals surface area contributed by atoms with Crippen molar-refractivity contribution in [3.05, 3.63) is 35.4 Å². The van der Waals surface area contributed by atoms with Crippen molar-refractivity contribution >= 4 is 11.8 Å². The van der Waals surface area contributed by atoms with Crippen LogP contribution in [0.4, 0.5) is 8.78 Å². The van der Waals surface area contributed by atoms with Gasteiger partial charge in [-0.25, -0.2) is 13.5 Å². The second-order valence-corrected chi connectivity index (χ2v) is 4.35. The first-order valence-corrected chi connectivity index (χ1v) is 6.13. The van der Waals surface area contributed by atoms with Gasteiger partial charge in [-0.15, -0.1) is 5.10 Å². The van der Waals surface area contributed by atoms with E-state index >= 15 is 0 Å². The molecule has 0 aliphatic rings. The van der Waals surface area contributed by atoms with Gasteiger partial charge in [0.25, 0.3) is 0 Å². The van der Waals surface area contributed by atoms with Gasteiger partial charge in [-0.05, 0) is 16.5 Å². The molecule has 0 fully saturated rings. The van der Waals surface area contributed by atoms with Crippen LogP contribution in [0.3, 0.4) is 0 Å². The zero-order chi connectivity index (χ0) is 13.0. The smallest absolute Gasteiger partial charge is 0.209 e. The lowest BCUT2D eigenvalue weighted by Gasteiger charge is -2.04. The molecule has 0 saturated heterocycles. The SMILES string of the molecule is OCCn1nnnc1SCc1cccc(F)c1F. The van der Waals surface area contributed by atoms with Crippen LogP contribution >= 0.6 is 11.8 Å². The number of halogens is 2. The number of hydrogen-bond donors (Lipinski definition) is 1. The van der Waals surface area contributed by atoms with Gasteiger partial charge in [0.1, 0.15) is 0 Å². The molecular formula is C10H10F2N4OS. The van der Waals surface area contributed by atoms with Gasteiger partial charge in [0.05, 0.1) is 13.2 Å². The van der Waals surface area contributed by atoms with E-state index in [1.807, 2.05) is 0 Å². The topological polar surface area (TPSA) is 63.8 Å². The minimum absolute atomic E-state index is 0.0904. The molecule has 18 heavy (non-hydrogen) atoms. The third-order valence-corrected chi connectivity index (χ3v) is 3.21. The largest absolute Gasteiger partial charge is 0.394 e. The molecule has 96 valence electrons. The Labute approximate surface area is 106 Å². The van der Waals surface area contributed by atoms with E-state index in [9.17, 15) is 8.78 Å². The van der Waals surface area contributed by atoms with Crippen molar-refractivity contribution in [2.75, 3.05) is 6.61 Å². The molecule has 0 atom stereocenters. The summed E-state index contributed by atoms with van der Waals surface area (Å²) in [6.07, 6.45) is 0. The number of tetrazole rings is 1. The molecule has 0 unspecified atom stereocenters. The number of aromatic nitrogens is 4. The van der Waals surface area contributed by atoms with E-state index in [4.69, 9.17) is 5.11 Å². The average molecular weight is 272 g/mol. The molecule has 1 aromatic carbocycles. The predicted molar refractivity (Wildman–Crippen MR) is 60.8 cm³/mol. The Morgan fingerprint density at radius 3 is 2.94 bits per heavy atom. The van der Waals surface area contributed by atoms with Crippen LogP contribution in [0.5, 0.6) is 0 Å². The second kappa shape index (κ2) is 5.87. The predicted octanol–water partition coefficient (Wildman–Crippen LogP) is 1.24. The molecule has 0 radical (unpaired) electrons. The normalized spacial score (nSPS) is 10.8. The summed E-state index contributed by atoms with van der Waals surface area (Å²) in [5, 5.41) is 20.1. The van der Waals surface area contributed by atoms with E-state index in [1.54, 1.807) is 0 Å². The molecule has 2 aromatic rings. The van der Waals surface area contributed by atoms with Crippen LogP contribution in [-0.4, -0.2) is 31.9 Å². The molecule has 2 rings (SSSR count). The lowest BCUT2D eigenvalue weighted by atomic mass is 10.2. The average Bonchev–Trinajstić information content (AvgIpc) is 2.79. The zero-order valence-corrected chi connectivity index (χ0v) is 10.1. The van der Waals surface area contributed by atoms with Gasteiger partial charge in [-0.1, -0.05) is 23.9 Å². The Kier molecular flexibility index (Phi) is 4.21. The van der Waals surface area contributed by atoms with Crippen LogP contribution < -0.4 is 0 Å². The molecule has 1 heterocycles. The summed E-state index contributed by atoms with van der Waals surface area (Å²) in [7, 11) is 0. The molecule has 8 heteroatoms. The molecule has 0 aliphatic heterocycles. The maximum absolute atomic E-state index is 13.4. The number of aliphatic hydroxyl groups excluding tert-OH is 1. The highest BCUT2D eigenvalue weighted by Gasteiger charge is 2.11. The monoisotopic (exact) mass is 272 g/mol. The van der Waals surface area contributed by atoms with E-state index in [1.165, 1.54) is 28.6 Å². The van der Waals surface area contributed by atoms with Crippen LogP contribution in [0.1, 0.15) is 5.56 Å². The molecule has 5 nitrogen and oxygen atoms in total. The fourth-order valence-corrected chi connectivity index (χ4v) is 2.22. The fourth-order valence-electron chi connectivity index (χ4n) is 1.34. The quantitative estimate of drug-likeness (QED) is 0.830. The van der Waals surface area contributed by atoms with Gasteiger partial charge in [0.2, 0.25) is 5.16 Å². The van der Waals surface area contributed by atoms with Crippen molar-refractivity contribution in [1.29, 1.82) is 0 Å². The van der Waals surface area contributed by atoms with E-state index < -0.39 is 11.6 Å². The highest BCUT2D eigenvalue weighted by Crippen LogP contribution is 2.22.